The van der Waals surface area contributed by atoms with Gasteiger partial charge >= 0.3 is 0 Å². The Kier molecular flexibility index (Phi) is 3.01. The van der Waals surface area contributed by atoms with Crippen LogP contribution in [-0.4, -0.2) is 46.9 Å². The summed E-state index contributed by atoms with van der Waals surface area (Å²) in [5.41, 5.74) is 0.914. The highest BCUT2D eigenvalue weighted by atomic mass is 16.5. The highest BCUT2D eigenvalue weighted by Crippen LogP contribution is 2.35. The molecule has 0 aliphatic carbocycles. The van der Waals surface area contributed by atoms with Crippen molar-refractivity contribution in [3.05, 3.63) is 42.4 Å². The van der Waals surface area contributed by atoms with Crippen LogP contribution in [0.25, 0.3) is 0 Å². The number of hydrogen-bond acceptors (Lipinski definition) is 6. The Morgan fingerprint density at radius 2 is 2.00 bits per heavy atom. The molecule has 4 rings (SSSR count). The number of rotatable bonds is 0. The van der Waals surface area contributed by atoms with Crippen LogP contribution in [0.5, 0.6) is 11.5 Å². The molecule has 2 aliphatic rings. The molecule has 6 heteroatoms. The summed E-state index contributed by atoms with van der Waals surface area (Å²) in [4.78, 5) is 15.6. The van der Waals surface area contributed by atoms with Gasteiger partial charge in [-0.1, -0.05) is 0 Å². The molecule has 2 aromatic heterocycles. The van der Waals surface area contributed by atoms with Crippen molar-refractivity contribution in [1.82, 2.24) is 20.2 Å². The summed E-state index contributed by atoms with van der Waals surface area (Å²) < 4.78 is 5.96. The van der Waals surface area contributed by atoms with Crippen LogP contribution in [0.4, 0.5) is 5.82 Å². The smallest absolute Gasteiger partial charge is 0.197 e. The van der Waals surface area contributed by atoms with Crippen molar-refractivity contribution in [2.24, 2.45) is 4.99 Å². The normalized spacial score (nSPS) is 17.1. The second-order valence-electron chi connectivity index (χ2n) is 4.97. The second-order valence-corrected chi connectivity index (χ2v) is 4.97. The quantitative estimate of drug-likeness (QED) is 0.794. The number of nitrogens with zero attached hydrogens (tertiary/aromatic N) is 4. The van der Waals surface area contributed by atoms with Crippen LogP contribution < -0.4 is 10.1 Å². The van der Waals surface area contributed by atoms with Crippen LogP contribution >= 0.6 is 0 Å². The lowest BCUT2D eigenvalue weighted by Gasteiger charge is -2.30. The highest BCUT2D eigenvalue weighted by Gasteiger charge is 2.24. The molecule has 0 aromatic carbocycles. The molecule has 1 saturated heterocycles. The molecule has 2 aromatic rings. The molecule has 0 atom stereocenters. The SMILES string of the molecule is c1cnc2c(c1)Oc1ccncc1C(N1CCNCC1)=N2. The second kappa shape index (κ2) is 5.14. The Morgan fingerprint density at radius 3 is 2.90 bits per heavy atom. The number of aromatic nitrogens is 2. The molecule has 106 valence electrons. The summed E-state index contributed by atoms with van der Waals surface area (Å²) in [6.07, 6.45) is 5.27. The summed E-state index contributed by atoms with van der Waals surface area (Å²) in [6, 6.07) is 5.61. The van der Waals surface area contributed by atoms with Crippen LogP contribution in [0, 0.1) is 0 Å². The first kappa shape index (κ1) is 12.3. The third-order valence-electron chi connectivity index (χ3n) is 3.62. The summed E-state index contributed by atoms with van der Waals surface area (Å²) >= 11 is 0. The van der Waals surface area contributed by atoms with E-state index in [4.69, 9.17) is 9.73 Å². The number of ether oxygens (including phenoxy) is 1. The van der Waals surface area contributed by atoms with Crippen molar-refractivity contribution in [2.75, 3.05) is 26.2 Å². The minimum atomic E-state index is 0.613. The molecule has 21 heavy (non-hydrogen) atoms. The van der Waals surface area contributed by atoms with E-state index < -0.39 is 0 Å². The van der Waals surface area contributed by atoms with Gasteiger partial charge in [0.15, 0.2) is 11.6 Å². The fourth-order valence-electron chi connectivity index (χ4n) is 2.58. The number of fused-ring (bicyclic) bond motifs is 2. The molecule has 0 unspecified atom stereocenters. The number of pyridine rings is 2. The lowest BCUT2D eigenvalue weighted by Crippen LogP contribution is -2.46. The molecule has 1 fully saturated rings. The van der Waals surface area contributed by atoms with Crippen LogP contribution in [0.3, 0.4) is 0 Å². The molecule has 6 nitrogen and oxygen atoms in total. The zero-order valence-electron chi connectivity index (χ0n) is 11.5. The van der Waals surface area contributed by atoms with Gasteiger partial charge in [-0.05, 0) is 18.2 Å². The van der Waals surface area contributed by atoms with E-state index in [1.807, 2.05) is 24.4 Å². The van der Waals surface area contributed by atoms with E-state index in [9.17, 15) is 0 Å². The maximum Gasteiger partial charge on any atom is 0.197 e. The number of amidine groups is 1. The Labute approximate surface area is 122 Å². The molecule has 0 spiro atoms. The van der Waals surface area contributed by atoms with Gasteiger partial charge in [-0.3, -0.25) is 4.98 Å². The summed E-state index contributed by atoms with van der Waals surface area (Å²) in [5.74, 6) is 2.95. The Hall–Kier alpha value is -2.47. The molecule has 0 radical (unpaired) electrons. The van der Waals surface area contributed by atoms with E-state index in [2.05, 4.69) is 20.2 Å². The highest BCUT2D eigenvalue weighted by molar-refractivity contribution is 6.03. The summed E-state index contributed by atoms with van der Waals surface area (Å²) in [5, 5.41) is 3.35. The predicted octanol–water partition coefficient (Wildman–Crippen LogP) is 1.57. The van der Waals surface area contributed by atoms with Crippen LogP contribution in [0.2, 0.25) is 0 Å². The number of piperazine rings is 1. The minimum Gasteiger partial charge on any atom is -0.452 e. The average Bonchev–Trinajstić information content (AvgIpc) is 2.72. The van der Waals surface area contributed by atoms with Gasteiger partial charge < -0.3 is 15.0 Å². The van der Waals surface area contributed by atoms with Crippen molar-refractivity contribution < 1.29 is 4.74 Å². The molecule has 0 saturated carbocycles. The van der Waals surface area contributed by atoms with Crippen molar-refractivity contribution in [3.8, 4) is 11.5 Å². The van der Waals surface area contributed by atoms with Gasteiger partial charge in [0.2, 0.25) is 0 Å². The first-order chi connectivity index (χ1) is 10.4. The van der Waals surface area contributed by atoms with Crippen molar-refractivity contribution in [2.45, 2.75) is 0 Å². The average molecular weight is 281 g/mol. The van der Waals surface area contributed by atoms with Gasteiger partial charge in [0, 0.05) is 44.8 Å². The van der Waals surface area contributed by atoms with Crippen LogP contribution in [0.1, 0.15) is 5.56 Å². The Bertz CT molecular complexity index is 694. The maximum absolute atomic E-state index is 5.96. The lowest BCUT2D eigenvalue weighted by molar-refractivity contribution is 0.357. The first-order valence-corrected chi connectivity index (χ1v) is 7.03. The first-order valence-electron chi connectivity index (χ1n) is 7.03. The fourth-order valence-corrected chi connectivity index (χ4v) is 2.58. The number of hydrogen-bond donors (Lipinski definition) is 1. The zero-order valence-corrected chi connectivity index (χ0v) is 11.5. The number of aliphatic imine (C=N–C) groups is 1. The molecule has 0 amide bonds. The molecular weight excluding hydrogens is 266 g/mol. The Morgan fingerprint density at radius 1 is 1.10 bits per heavy atom. The molecule has 1 N–H and O–H groups in total. The van der Waals surface area contributed by atoms with Gasteiger partial charge in [0.1, 0.15) is 11.6 Å². The lowest BCUT2D eigenvalue weighted by atomic mass is 10.2. The largest absolute Gasteiger partial charge is 0.452 e. The Balaban J connectivity index is 1.87. The topological polar surface area (TPSA) is 62.6 Å². The van der Waals surface area contributed by atoms with E-state index in [0.717, 1.165) is 43.3 Å². The number of nitrogens with one attached hydrogen (secondary N) is 1. The monoisotopic (exact) mass is 281 g/mol. The van der Waals surface area contributed by atoms with Crippen molar-refractivity contribution >= 4 is 11.7 Å². The third kappa shape index (κ3) is 2.23. The predicted molar refractivity (Wildman–Crippen MR) is 79.2 cm³/mol. The van der Waals surface area contributed by atoms with Gasteiger partial charge in [0.25, 0.3) is 0 Å². The van der Waals surface area contributed by atoms with E-state index >= 15 is 0 Å². The maximum atomic E-state index is 5.96. The van der Waals surface area contributed by atoms with E-state index in [-0.39, 0.29) is 0 Å². The van der Waals surface area contributed by atoms with E-state index in [1.165, 1.54) is 0 Å². The fraction of sp³-hybridized carbons (Fsp3) is 0.267. The van der Waals surface area contributed by atoms with Crippen LogP contribution in [-0.2, 0) is 0 Å². The molecule has 0 bridgehead atoms. The van der Waals surface area contributed by atoms with Gasteiger partial charge in [-0.25, -0.2) is 9.98 Å². The van der Waals surface area contributed by atoms with E-state index in [0.29, 0.717) is 11.6 Å². The zero-order chi connectivity index (χ0) is 14.1. The molecule has 2 aliphatic heterocycles. The minimum absolute atomic E-state index is 0.613. The molecular formula is C15H15N5O. The standard InChI is InChI=1S/C15H15N5O/c1-2-13-14(18-4-1)19-15(20-8-6-16-7-9-20)11-10-17-5-3-12(11)21-13/h1-5,10,16H,6-9H2. The summed E-state index contributed by atoms with van der Waals surface area (Å²) in [6.45, 7) is 3.72. The summed E-state index contributed by atoms with van der Waals surface area (Å²) in [7, 11) is 0. The van der Waals surface area contributed by atoms with Crippen molar-refractivity contribution in [1.29, 1.82) is 0 Å². The van der Waals surface area contributed by atoms with Gasteiger partial charge in [-0.15, -0.1) is 0 Å². The van der Waals surface area contributed by atoms with E-state index in [1.54, 1.807) is 12.4 Å². The van der Waals surface area contributed by atoms with Crippen LogP contribution in [0.15, 0.2) is 41.8 Å². The van der Waals surface area contributed by atoms with Crippen molar-refractivity contribution in [3.63, 3.8) is 0 Å². The third-order valence-corrected chi connectivity index (χ3v) is 3.62. The van der Waals surface area contributed by atoms with Gasteiger partial charge in [-0.2, -0.15) is 0 Å². The molecule has 4 heterocycles. The van der Waals surface area contributed by atoms with Gasteiger partial charge in [0.05, 0.1) is 5.56 Å².